The molecule has 2 aromatic heterocycles. The highest BCUT2D eigenvalue weighted by atomic mass is 32.1. The van der Waals surface area contributed by atoms with Gasteiger partial charge in [-0.15, -0.1) is 15.7 Å². The van der Waals surface area contributed by atoms with Gasteiger partial charge in [0.2, 0.25) is 5.13 Å². The van der Waals surface area contributed by atoms with Crippen molar-refractivity contribution in [3.05, 3.63) is 29.0 Å². The number of piperidine rings is 1. The number of nitrogens with one attached hydrogen (secondary N) is 4. The maximum atomic E-state index is 12.5. The molecule has 4 N–H and O–H groups in total. The molecule has 0 spiro atoms. The molecule has 26 heavy (non-hydrogen) atoms. The zero-order valence-electron chi connectivity index (χ0n) is 13.8. The maximum Gasteiger partial charge on any atom is 0.323 e. The Morgan fingerprint density at radius 2 is 2.38 bits per heavy atom. The van der Waals surface area contributed by atoms with Crippen LogP contribution in [0.25, 0.3) is 5.70 Å². The lowest BCUT2D eigenvalue weighted by molar-refractivity contribution is 0.184. The van der Waals surface area contributed by atoms with Gasteiger partial charge >= 0.3 is 6.03 Å². The number of aromatic nitrogens is 3. The number of hydrogen-bond donors (Lipinski definition) is 4. The van der Waals surface area contributed by atoms with Gasteiger partial charge in [0, 0.05) is 30.8 Å². The Hall–Kier alpha value is -2.92. The Balaban J connectivity index is 1.38. The zero-order chi connectivity index (χ0) is 17.5. The number of likely N-dealkylation sites (tertiary alicyclic amines) is 1. The fourth-order valence-corrected chi connectivity index (χ4v) is 4.03. The molecule has 1 unspecified atom stereocenters. The summed E-state index contributed by atoms with van der Waals surface area (Å²) in [5.41, 5.74) is 11.2. The summed E-state index contributed by atoms with van der Waals surface area (Å²) in [6.45, 7) is 1.38. The molecule has 134 valence electrons. The van der Waals surface area contributed by atoms with E-state index in [0.29, 0.717) is 11.7 Å². The Morgan fingerprint density at radius 3 is 3.27 bits per heavy atom. The number of carbonyl (C=O) groups excluding carboxylic acids is 1. The molecule has 5 heterocycles. The molecule has 1 atom stereocenters. The Bertz CT molecular complexity index is 887. The van der Waals surface area contributed by atoms with Gasteiger partial charge in [0.15, 0.2) is 0 Å². The monoisotopic (exact) mass is 371 g/mol. The van der Waals surface area contributed by atoms with E-state index < -0.39 is 0 Å². The second-order valence-electron chi connectivity index (χ2n) is 6.31. The largest absolute Gasteiger partial charge is 0.346 e. The minimum absolute atomic E-state index is 0.132. The van der Waals surface area contributed by atoms with Crippen molar-refractivity contribution in [1.29, 1.82) is 0 Å². The molecule has 1 fully saturated rings. The molecule has 0 saturated carbocycles. The average molecular weight is 371 g/mol. The van der Waals surface area contributed by atoms with Crippen LogP contribution in [-0.4, -0.2) is 50.5 Å². The number of aromatic amines is 1. The summed E-state index contributed by atoms with van der Waals surface area (Å²) in [4.78, 5) is 21.9. The quantitative estimate of drug-likeness (QED) is 0.636. The number of carbonyl (C=O) groups is 1. The third kappa shape index (κ3) is 2.52. The molecule has 2 aromatic rings. The molecule has 0 aromatic carbocycles. The Labute approximate surface area is 152 Å². The highest BCUT2D eigenvalue weighted by Gasteiger charge is 2.35. The summed E-state index contributed by atoms with van der Waals surface area (Å²) < 4.78 is 0. The van der Waals surface area contributed by atoms with E-state index in [0.717, 1.165) is 42.2 Å². The van der Waals surface area contributed by atoms with Crippen LogP contribution in [-0.2, 0) is 0 Å². The summed E-state index contributed by atoms with van der Waals surface area (Å²) in [5, 5.41) is 12.8. The van der Waals surface area contributed by atoms with E-state index in [1.807, 2.05) is 22.2 Å². The molecular weight excluding hydrogens is 354 g/mol. The number of hydrazine groups is 2. The van der Waals surface area contributed by atoms with E-state index in [4.69, 9.17) is 0 Å². The van der Waals surface area contributed by atoms with Crippen LogP contribution in [0.15, 0.2) is 28.5 Å². The smallest absolute Gasteiger partial charge is 0.323 e. The van der Waals surface area contributed by atoms with Gasteiger partial charge in [0.05, 0.1) is 11.4 Å². The van der Waals surface area contributed by atoms with E-state index in [-0.39, 0.29) is 11.9 Å². The van der Waals surface area contributed by atoms with Gasteiger partial charge in [-0.05, 0) is 18.9 Å². The van der Waals surface area contributed by atoms with Gasteiger partial charge in [-0.1, -0.05) is 11.3 Å². The highest BCUT2D eigenvalue weighted by molar-refractivity contribution is 7.13. The van der Waals surface area contributed by atoms with Gasteiger partial charge in [0.1, 0.15) is 17.7 Å². The fraction of sp³-hybridized carbons (Fsp3) is 0.333. The number of nitrogens with zero attached hydrogens (tertiary/aromatic N) is 5. The summed E-state index contributed by atoms with van der Waals surface area (Å²) >= 11 is 1.31. The lowest BCUT2D eigenvalue weighted by atomic mass is 9.92. The van der Waals surface area contributed by atoms with Crippen molar-refractivity contribution in [2.75, 3.05) is 18.4 Å². The SMILES string of the molecule is O=C(Nc1nncs1)N1CCCC(C2=C3c4cc[nH]c4N=CN3NN2)C1. The van der Waals surface area contributed by atoms with Crippen molar-refractivity contribution in [3.63, 3.8) is 0 Å². The van der Waals surface area contributed by atoms with Crippen LogP contribution in [0.5, 0.6) is 0 Å². The Morgan fingerprint density at radius 1 is 1.42 bits per heavy atom. The Kier molecular flexibility index (Phi) is 3.60. The number of H-pyrrole nitrogens is 1. The maximum absolute atomic E-state index is 12.5. The topological polar surface area (TPSA) is 114 Å². The van der Waals surface area contributed by atoms with Crippen LogP contribution in [0.4, 0.5) is 15.7 Å². The van der Waals surface area contributed by atoms with Crippen molar-refractivity contribution in [3.8, 4) is 0 Å². The summed E-state index contributed by atoms with van der Waals surface area (Å²) in [6.07, 6.45) is 5.59. The van der Waals surface area contributed by atoms with Crippen molar-refractivity contribution >= 4 is 40.4 Å². The predicted molar refractivity (Wildman–Crippen MR) is 97.2 cm³/mol. The first-order valence-corrected chi connectivity index (χ1v) is 9.26. The molecule has 0 aliphatic carbocycles. The van der Waals surface area contributed by atoms with Crippen LogP contribution < -0.4 is 16.3 Å². The third-order valence-electron chi connectivity index (χ3n) is 4.78. The number of anilines is 1. The van der Waals surface area contributed by atoms with E-state index in [1.54, 1.807) is 11.8 Å². The molecular formula is C15H17N9OS. The van der Waals surface area contributed by atoms with Crippen molar-refractivity contribution in [2.24, 2.45) is 10.9 Å². The van der Waals surface area contributed by atoms with Gasteiger partial charge < -0.3 is 15.3 Å². The first-order chi connectivity index (χ1) is 12.8. The molecule has 2 amide bonds. The van der Waals surface area contributed by atoms with E-state index in [1.165, 1.54) is 11.3 Å². The molecule has 3 aliphatic heterocycles. The molecule has 10 nitrogen and oxygen atoms in total. The van der Waals surface area contributed by atoms with Gasteiger partial charge in [-0.25, -0.2) is 14.8 Å². The first-order valence-electron chi connectivity index (χ1n) is 8.38. The third-order valence-corrected chi connectivity index (χ3v) is 5.39. The lowest BCUT2D eigenvalue weighted by Gasteiger charge is -2.33. The van der Waals surface area contributed by atoms with Gasteiger partial charge in [-0.3, -0.25) is 5.32 Å². The number of amides is 2. The molecule has 0 radical (unpaired) electrons. The number of rotatable bonds is 2. The minimum Gasteiger partial charge on any atom is -0.346 e. The molecule has 11 heteroatoms. The molecule has 1 saturated heterocycles. The first kappa shape index (κ1) is 15.3. The van der Waals surface area contributed by atoms with Crippen molar-refractivity contribution in [2.45, 2.75) is 12.8 Å². The van der Waals surface area contributed by atoms with Crippen LogP contribution in [0, 0.1) is 5.92 Å². The normalized spacial score (nSPS) is 21.5. The summed E-state index contributed by atoms with van der Waals surface area (Å²) in [5.74, 6) is 1.06. The highest BCUT2D eigenvalue weighted by Crippen LogP contribution is 2.37. The number of hydrogen-bond acceptors (Lipinski definition) is 8. The van der Waals surface area contributed by atoms with Crippen LogP contribution in [0.2, 0.25) is 0 Å². The summed E-state index contributed by atoms with van der Waals surface area (Å²) in [7, 11) is 0. The molecule has 5 rings (SSSR count). The van der Waals surface area contributed by atoms with Crippen molar-refractivity contribution in [1.82, 2.24) is 36.1 Å². The molecule has 0 bridgehead atoms. The number of fused-ring (bicyclic) bond motifs is 3. The number of urea groups is 1. The average Bonchev–Trinajstić information content (AvgIpc) is 3.41. The predicted octanol–water partition coefficient (Wildman–Crippen LogP) is 1.48. The van der Waals surface area contributed by atoms with Gasteiger partial charge in [0.25, 0.3) is 0 Å². The van der Waals surface area contributed by atoms with Crippen LogP contribution in [0.3, 0.4) is 0 Å². The standard InChI is InChI=1S/C15H17N9OS/c25-15(19-14-21-18-8-26-14)23-5-1-2-9(6-23)11-12-10-3-4-16-13(10)17-7-24(12)22-20-11/h3-4,7-9,16,20,22H,1-2,5-6H2,(H,19,21,25). The van der Waals surface area contributed by atoms with Crippen molar-refractivity contribution < 1.29 is 4.79 Å². The zero-order valence-corrected chi connectivity index (χ0v) is 14.6. The lowest BCUT2D eigenvalue weighted by Crippen LogP contribution is -2.44. The van der Waals surface area contributed by atoms with Crippen LogP contribution in [0.1, 0.15) is 18.4 Å². The van der Waals surface area contributed by atoms with E-state index in [2.05, 4.69) is 36.5 Å². The fourth-order valence-electron chi connectivity index (χ4n) is 3.59. The van der Waals surface area contributed by atoms with E-state index >= 15 is 0 Å². The second kappa shape index (κ2) is 6.11. The summed E-state index contributed by atoms with van der Waals surface area (Å²) in [6, 6.07) is 1.89. The minimum atomic E-state index is -0.132. The second-order valence-corrected chi connectivity index (χ2v) is 7.15. The number of aliphatic imine (C=N–C) groups is 1. The molecule has 3 aliphatic rings. The van der Waals surface area contributed by atoms with E-state index in [9.17, 15) is 4.79 Å². The van der Waals surface area contributed by atoms with Gasteiger partial charge in [-0.2, -0.15) is 0 Å². The van der Waals surface area contributed by atoms with Crippen LogP contribution >= 0.6 is 11.3 Å².